The molecule has 0 radical (unpaired) electrons. The number of benzene rings is 1. The van der Waals surface area contributed by atoms with Gasteiger partial charge < -0.3 is 0 Å². The van der Waals surface area contributed by atoms with E-state index in [9.17, 15) is 0 Å². The van der Waals surface area contributed by atoms with Crippen LogP contribution in [0, 0.1) is 0 Å². The van der Waals surface area contributed by atoms with Gasteiger partial charge in [-0.1, -0.05) is 24.3 Å². The second kappa shape index (κ2) is 4.84. The van der Waals surface area contributed by atoms with Crippen molar-refractivity contribution < 1.29 is 0 Å². The van der Waals surface area contributed by atoms with E-state index in [1.807, 2.05) is 17.8 Å². The van der Waals surface area contributed by atoms with Crippen molar-refractivity contribution in [3.05, 3.63) is 42.5 Å². The van der Waals surface area contributed by atoms with Crippen molar-refractivity contribution in [2.24, 2.45) is 5.84 Å². The molecule has 80 valence electrons. The van der Waals surface area contributed by atoms with E-state index < -0.39 is 0 Å². The van der Waals surface area contributed by atoms with Crippen LogP contribution in [-0.2, 0) is 0 Å². The maximum absolute atomic E-state index is 5.59. The van der Waals surface area contributed by atoms with E-state index in [1.165, 1.54) is 10.5 Å². The molecule has 0 spiro atoms. The van der Waals surface area contributed by atoms with Gasteiger partial charge in [-0.05, 0) is 18.1 Å². The number of hydrogen-bond acceptors (Lipinski definition) is 3. The van der Waals surface area contributed by atoms with Gasteiger partial charge >= 0.3 is 0 Å². The molecule has 0 aromatic heterocycles. The van der Waals surface area contributed by atoms with Crippen molar-refractivity contribution in [3.63, 3.8) is 0 Å². The Bertz CT molecular complexity index is 351. The number of nitrogens with one attached hydrogen (secondary N) is 1. The smallest absolute Gasteiger partial charge is 0.0321 e. The van der Waals surface area contributed by atoms with Crippen LogP contribution in [0.5, 0.6) is 0 Å². The van der Waals surface area contributed by atoms with Gasteiger partial charge in [0.2, 0.25) is 0 Å². The number of rotatable bonds is 4. The third kappa shape index (κ3) is 2.09. The zero-order valence-electron chi connectivity index (χ0n) is 8.65. The Balaban J connectivity index is 2.21. The molecule has 2 nitrogen and oxygen atoms in total. The van der Waals surface area contributed by atoms with E-state index in [4.69, 9.17) is 5.84 Å². The number of fused-ring (bicyclic) bond motifs is 1. The maximum atomic E-state index is 5.59. The van der Waals surface area contributed by atoms with Crippen LogP contribution in [0.1, 0.15) is 17.9 Å². The fourth-order valence-electron chi connectivity index (χ4n) is 2.05. The highest BCUT2D eigenvalue weighted by atomic mass is 32.2. The SMILES string of the molecule is C=CCC(NN)C1CSc2ccccc21. The van der Waals surface area contributed by atoms with Crippen LogP contribution < -0.4 is 11.3 Å². The number of hydrogen-bond donors (Lipinski definition) is 2. The van der Waals surface area contributed by atoms with Crippen LogP contribution >= 0.6 is 11.8 Å². The minimum Gasteiger partial charge on any atom is -0.271 e. The summed E-state index contributed by atoms with van der Waals surface area (Å²) in [6.07, 6.45) is 2.84. The molecule has 1 aliphatic rings. The lowest BCUT2D eigenvalue weighted by Gasteiger charge is -2.21. The summed E-state index contributed by atoms with van der Waals surface area (Å²) < 4.78 is 0. The summed E-state index contributed by atoms with van der Waals surface area (Å²) in [5, 5.41) is 0. The molecule has 1 aromatic carbocycles. The minimum atomic E-state index is 0.304. The van der Waals surface area contributed by atoms with E-state index in [2.05, 4.69) is 36.3 Å². The van der Waals surface area contributed by atoms with Gasteiger partial charge in [0.05, 0.1) is 0 Å². The van der Waals surface area contributed by atoms with E-state index in [-0.39, 0.29) is 0 Å². The molecule has 0 fully saturated rings. The minimum absolute atomic E-state index is 0.304. The summed E-state index contributed by atoms with van der Waals surface area (Å²) in [5.41, 5.74) is 4.32. The molecule has 0 amide bonds. The number of nitrogens with two attached hydrogens (primary N) is 1. The second-order valence-electron chi connectivity index (χ2n) is 3.75. The van der Waals surface area contributed by atoms with Gasteiger partial charge in [-0.15, -0.1) is 18.3 Å². The highest BCUT2D eigenvalue weighted by Crippen LogP contribution is 2.41. The predicted molar refractivity (Wildman–Crippen MR) is 65.8 cm³/mol. The fraction of sp³-hybridized carbons (Fsp3) is 0.333. The van der Waals surface area contributed by atoms with E-state index in [0.29, 0.717) is 12.0 Å². The van der Waals surface area contributed by atoms with E-state index in [1.54, 1.807) is 0 Å². The molecule has 2 unspecified atom stereocenters. The summed E-state index contributed by atoms with van der Waals surface area (Å²) in [6, 6.07) is 8.87. The Hall–Kier alpha value is -0.770. The molecular weight excluding hydrogens is 204 g/mol. The average Bonchev–Trinajstić information content (AvgIpc) is 2.70. The highest BCUT2D eigenvalue weighted by molar-refractivity contribution is 7.99. The molecule has 2 rings (SSSR count). The summed E-state index contributed by atoms with van der Waals surface area (Å²) in [7, 11) is 0. The van der Waals surface area contributed by atoms with Gasteiger partial charge in [-0.2, -0.15) is 0 Å². The van der Waals surface area contributed by atoms with Crippen LogP contribution in [0.25, 0.3) is 0 Å². The van der Waals surface area contributed by atoms with Crippen molar-refractivity contribution in [1.29, 1.82) is 0 Å². The molecule has 15 heavy (non-hydrogen) atoms. The van der Waals surface area contributed by atoms with Crippen LogP contribution in [-0.4, -0.2) is 11.8 Å². The second-order valence-corrected chi connectivity index (χ2v) is 4.81. The van der Waals surface area contributed by atoms with Crippen molar-refractivity contribution in [2.45, 2.75) is 23.3 Å². The summed E-state index contributed by atoms with van der Waals surface area (Å²) in [6.45, 7) is 3.77. The first kappa shape index (κ1) is 10.7. The van der Waals surface area contributed by atoms with E-state index >= 15 is 0 Å². The Morgan fingerprint density at radius 3 is 3.13 bits per heavy atom. The van der Waals surface area contributed by atoms with Crippen molar-refractivity contribution in [2.75, 3.05) is 5.75 Å². The largest absolute Gasteiger partial charge is 0.271 e. The standard InChI is InChI=1S/C12H16N2S/c1-2-5-11(14-13)10-8-15-12-7-4-3-6-9(10)12/h2-4,6-7,10-11,14H,1,5,8,13H2. The lowest BCUT2D eigenvalue weighted by Crippen LogP contribution is -2.39. The normalized spacial score (nSPS) is 21.0. The van der Waals surface area contributed by atoms with Gasteiger partial charge in [0.15, 0.2) is 0 Å². The first-order chi connectivity index (χ1) is 7.36. The van der Waals surface area contributed by atoms with Crippen LogP contribution in [0.4, 0.5) is 0 Å². The number of thioether (sulfide) groups is 1. The molecule has 1 heterocycles. The Labute approximate surface area is 94.9 Å². The van der Waals surface area contributed by atoms with Crippen molar-refractivity contribution in [1.82, 2.24) is 5.43 Å². The quantitative estimate of drug-likeness (QED) is 0.464. The van der Waals surface area contributed by atoms with Crippen LogP contribution in [0.15, 0.2) is 41.8 Å². The third-order valence-corrected chi connectivity index (χ3v) is 4.07. The fourth-order valence-corrected chi connectivity index (χ4v) is 3.38. The molecule has 3 N–H and O–H groups in total. The molecule has 0 aliphatic carbocycles. The van der Waals surface area contributed by atoms with Gasteiger partial charge in [-0.25, -0.2) is 0 Å². The molecule has 1 aliphatic heterocycles. The molecule has 3 heteroatoms. The van der Waals surface area contributed by atoms with Gasteiger partial charge in [0.1, 0.15) is 0 Å². The summed E-state index contributed by atoms with van der Waals surface area (Å²) >= 11 is 1.92. The van der Waals surface area contributed by atoms with Gasteiger partial charge in [-0.3, -0.25) is 11.3 Å². The van der Waals surface area contributed by atoms with Gasteiger partial charge in [0, 0.05) is 22.6 Å². The molecule has 0 saturated carbocycles. The molecule has 1 aromatic rings. The molecular formula is C12H16N2S. The van der Waals surface area contributed by atoms with Crippen LogP contribution in [0.3, 0.4) is 0 Å². The zero-order chi connectivity index (χ0) is 10.7. The van der Waals surface area contributed by atoms with Gasteiger partial charge in [0.25, 0.3) is 0 Å². The lowest BCUT2D eigenvalue weighted by atomic mass is 9.92. The Morgan fingerprint density at radius 1 is 1.60 bits per heavy atom. The summed E-state index contributed by atoms with van der Waals surface area (Å²) in [5.74, 6) is 7.21. The maximum Gasteiger partial charge on any atom is 0.0321 e. The van der Waals surface area contributed by atoms with Crippen LogP contribution in [0.2, 0.25) is 0 Å². The van der Waals surface area contributed by atoms with E-state index in [0.717, 1.165) is 12.2 Å². The predicted octanol–water partition coefficient (Wildman–Crippen LogP) is 2.28. The number of hydrazine groups is 1. The zero-order valence-corrected chi connectivity index (χ0v) is 9.46. The van der Waals surface area contributed by atoms with Crippen molar-refractivity contribution >= 4 is 11.8 Å². The van der Waals surface area contributed by atoms with Crippen molar-refractivity contribution in [3.8, 4) is 0 Å². The lowest BCUT2D eigenvalue weighted by molar-refractivity contribution is 0.470. The summed E-state index contributed by atoms with van der Waals surface area (Å²) in [4.78, 5) is 1.40. The average molecular weight is 220 g/mol. The highest BCUT2D eigenvalue weighted by Gasteiger charge is 2.28. The molecule has 0 bridgehead atoms. The third-order valence-electron chi connectivity index (χ3n) is 2.86. The Kier molecular flexibility index (Phi) is 3.46. The first-order valence-corrected chi connectivity index (χ1v) is 6.14. The Morgan fingerprint density at radius 2 is 2.40 bits per heavy atom. The molecule has 0 saturated heterocycles. The monoisotopic (exact) mass is 220 g/mol. The first-order valence-electron chi connectivity index (χ1n) is 5.15. The topological polar surface area (TPSA) is 38.0 Å². The molecule has 2 atom stereocenters.